The Bertz CT molecular complexity index is 594. The first-order chi connectivity index (χ1) is 11.5. The van der Waals surface area contributed by atoms with Gasteiger partial charge in [0.25, 0.3) is 0 Å². The number of anilines is 1. The maximum Gasteiger partial charge on any atom is 0.416 e. The Hall–Kier alpha value is -1.97. The number of benzene rings is 1. The maximum atomic E-state index is 12.7. The summed E-state index contributed by atoms with van der Waals surface area (Å²) in [5, 5.41) is 1.79. The van der Waals surface area contributed by atoms with E-state index in [4.69, 9.17) is 0 Å². The van der Waals surface area contributed by atoms with Gasteiger partial charge in [-0.25, -0.2) is 0 Å². The van der Waals surface area contributed by atoms with Crippen LogP contribution >= 0.6 is 0 Å². The van der Waals surface area contributed by atoms with Gasteiger partial charge in [-0.1, -0.05) is 6.07 Å². The fourth-order valence-corrected chi connectivity index (χ4v) is 2.50. The molecule has 0 unspecified atom stereocenters. The number of amides is 1. The van der Waals surface area contributed by atoms with Gasteiger partial charge in [0, 0.05) is 31.9 Å². The Labute approximate surface area is 140 Å². The van der Waals surface area contributed by atoms with Gasteiger partial charge in [-0.2, -0.15) is 26.3 Å². The molecule has 0 aliphatic carbocycles. The standard InChI is InChI=1S/C15H17F6N3O/c16-14(17,18)10-22-13(25)9-23-4-6-24(7-5-23)12-3-1-2-11(8-12)15(19,20)21/h1-3,8H,4-7,9-10H2,(H,22,25). The molecule has 1 heterocycles. The molecule has 1 aromatic rings. The number of piperazine rings is 1. The zero-order chi connectivity index (χ0) is 18.7. The minimum Gasteiger partial charge on any atom is -0.369 e. The van der Waals surface area contributed by atoms with Crippen molar-refractivity contribution in [3.63, 3.8) is 0 Å². The van der Waals surface area contributed by atoms with Gasteiger partial charge >= 0.3 is 12.4 Å². The highest BCUT2D eigenvalue weighted by Gasteiger charge is 2.31. The van der Waals surface area contributed by atoms with E-state index in [-0.39, 0.29) is 6.54 Å². The SMILES string of the molecule is O=C(CN1CCN(c2cccc(C(F)(F)F)c2)CC1)NCC(F)(F)F. The molecule has 0 atom stereocenters. The number of halogens is 6. The molecule has 4 nitrogen and oxygen atoms in total. The van der Waals surface area contributed by atoms with E-state index in [0.717, 1.165) is 12.1 Å². The number of carbonyl (C=O) groups is 1. The van der Waals surface area contributed by atoms with Crippen molar-refractivity contribution in [3.05, 3.63) is 29.8 Å². The van der Waals surface area contributed by atoms with Crippen LogP contribution in [0.5, 0.6) is 0 Å². The van der Waals surface area contributed by atoms with Crippen molar-refractivity contribution in [3.8, 4) is 0 Å². The van der Waals surface area contributed by atoms with Gasteiger partial charge in [0.05, 0.1) is 12.1 Å². The molecule has 1 saturated heterocycles. The van der Waals surface area contributed by atoms with E-state index in [1.807, 2.05) is 0 Å². The minimum atomic E-state index is -4.46. The van der Waals surface area contributed by atoms with Crippen LogP contribution in [0.3, 0.4) is 0 Å². The van der Waals surface area contributed by atoms with Crippen molar-refractivity contribution >= 4 is 11.6 Å². The lowest BCUT2D eigenvalue weighted by atomic mass is 10.1. The predicted molar refractivity (Wildman–Crippen MR) is 79.2 cm³/mol. The number of nitrogens with zero attached hydrogens (tertiary/aromatic N) is 2. The van der Waals surface area contributed by atoms with Gasteiger partial charge in [0.1, 0.15) is 6.54 Å². The van der Waals surface area contributed by atoms with Crippen molar-refractivity contribution < 1.29 is 31.1 Å². The lowest BCUT2D eigenvalue weighted by Crippen LogP contribution is -2.50. The van der Waals surface area contributed by atoms with Crippen LogP contribution in [0.15, 0.2) is 24.3 Å². The molecule has 1 aliphatic heterocycles. The molecule has 0 spiro atoms. The summed E-state index contributed by atoms with van der Waals surface area (Å²) in [4.78, 5) is 14.9. The fraction of sp³-hybridized carbons (Fsp3) is 0.533. The first kappa shape index (κ1) is 19.4. The normalized spacial score (nSPS) is 16.8. The van der Waals surface area contributed by atoms with E-state index in [9.17, 15) is 31.1 Å². The molecule has 1 aliphatic rings. The molecule has 2 rings (SSSR count). The third kappa shape index (κ3) is 6.11. The van der Waals surface area contributed by atoms with Crippen LogP contribution in [0, 0.1) is 0 Å². The van der Waals surface area contributed by atoms with E-state index in [0.29, 0.717) is 31.9 Å². The fourth-order valence-electron chi connectivity index (χ4n) is 2.50. The van der Waals surface area contributed by atoms with Crippen molar-refractivity contribution in [2.75, 3.05) is 44.2 Å². The summed E-state index contributed by atoms with van der Waals surface area (Å²) in [5.41, 5.74) is -0.310. The number of hydrogen-bond acceptors (Lipinski definition) is 3. The van der Waals surface area contributed by atoms with E-state index >= 15 is 0 Å². The second-order valence-electron chi connectivity index (χ2n) is 5.70. The highest BCUT2D eigenvalue weighted by molar-refractivity contribution is 5.78. The van der Waals surface area contributed by atoms with Gasteiger partial charge in [0.15, 0.2) is 0 Å². The smallest absolute Gasteiger partial charge is 0.369 e. The van der Waals surface area contributed by atoms with Crippen LogP contribution in [0.2, 0.25) is 0 Å². The molecule has 25 heavy (non-hydrogen) atoms. The van der Waals surface area contributed by atoms with E-state index in [2.05, 4.69) is 0 Å². The zero-order valence-corrected chi connectivity index (χ0v) is 13.1. The number of carbonyl (C=O) groups excluding carboxylic acids is 1. The van der Waals surface area contributed by atoms with Crippen molar-refractivity contribution in [1.29, 1.82) is 0 Å². The molecule has 10 heteroatoms. The average molecular weight is 369 g/mol. The van der Waals surface area contributed by atoms with Gasteiger partial charge in [-0.3, -0.25) is 9.69 Å². The summed E-state index contributed by atoms with van der Waals surface area (Å²) in [5.74, 6) is -0.732. The maximum absolute atomic E-state index is 12.7. The Kier molecular flexibility index (Phi) is 5.81. The Morgan fingerprint density at radius 1 is 1.04 bits per heavy atom. The molecule has 0 bridgehead atoms. The summed E-state index contributed by atoms with van der Waals surface area (Å²) in [6, 6.07) is 4.95. The summed E-state index contributed by atoms with van der Waals surface area (Å²) in [7, 11) is 0. The van der Waals surface area contributed by atoms with Crippen molar-refractivity contribution in [1.82, 2.24) is 10.2 Å². The first-order valence-corrected chi connectivity index (χ1v) is 7.52. The summed E-state index contributed by atoms with van der Waals surface area (Å²) >= 11 is 0. The molecule has 1 N–H and O–H groups in total. The minimum absolute atomic E-state index is 0.174. The van der Waals surface area contributed by atoms with Crippen LogP contribution in [-0.4, -0.2) is 56.3 Å². The van der Waals surface area contributed by atoms with Crippen LogP contribution in [-0.2, 0) is 11.0 Å². The van der Waals surface area contributed by atoms with Crippen LogP contribution in [0.25, 0.3) is 0 Å². The van der Waals surface area contributed by atoms with E-state index in [1.54, 1.807) is 21.2 Å². The largest absolute Gasteiger partial charge is 0.416 e. The molecule has 0 aromatic heterocycles. The quantitative estimate of drug-likeness (QED) is 0.829. The summed E-state index contributed by atoms with van der Waals surface area (Å²) in [6.07, 6.45) is -8.88. The summed E-state index contributed by atoms with van der Waals surface area (Å²) < 4.78 is 74.3. The third-order valence-electron chi connectivity index (χ3n) is 3.76. The molecule has 0 saturated carbocycles. The third-order valence-corrected chi connectivity index (χ3v) is 3.76. The highest BCUT2D eigenvalue weighted by atomic mass is 19.4. The molecular weight excluding hydrogens is 352 g/mol. The summed E-state index contributed by atoms with van der Waals surface area (Å²) in [6.45, 7) is -0.0460. The monoisotopic (exact) mass is 369 g/mol. The van der Waals surface area contributed by atoms with Crippen molar-refractivity contribution in [2.45, 2.75) is 12.4 Å². The second kappa shape index (κ2) is 7.51. The predicted octanol–water partition coefficient (Wildman–Crippen LogP) is 2.51. The molecule has 1 fully saturated rings. The van der Waals surface area contributed by atoms with Crippen LogP contribution in [0.4, 0.5) is 32.0 Å². The topological polar surface area (TPSA) is 35.6 Å². The lowest BCUT2D eigenvalue weighted by Gasteiger charge is -2.36. The number of alkyl halides is 6. The zero-order valence-electron chi connectivity index (χ0n) is 13.1. The molecule has 0 radical (unpaired) electrons. The Morgan fingerprint density at radius 3 is 2.24 bits per heavy atom. The van der Waals surface area contributed by atoms with Gasteiger partial charge in [-0.15, -0.1) is 0 Å². The van der Waals surface area contributed by atoms with Gasteiger partial charge < -0.3 is 10.2 Å². The second-order valence-corrected chi connectivity index (χ2v) is 5.70. The number of hydrogen-bond donors (Lipinski definition) is 1. The number of rotatable bonds is 4. The van der Waals surface area contributed by atoms with Gasteiger partial charge in [-0.05, 0) is 18.2 Å². The van der Waals surface area contributed by atoms with Gasteiger partial charge in [0.2, 0.25) is 5.91 Å². The average Bonchev–Trinajstić information content (AvgIpc) is 2.52. The molecule has 140 valence electrons. The molecule has 1 aromatic carbocycles. The van der Waals surface area contributed by atoms with Crippen molar-refractivity contribution in [2.24, 2.45) is 0 Å². The first-order valence-electron chi connectivity index (χ1n) is 7.52. The van der Waals surface area contributed by atoms with E-state index < -0.39 is 30.4 Å². The van der Waals surface area contributed by atoms with Crippen LogP contribution < -0.4 is 10.2 Å². The molecular formula is C15H17F6N3O. The Morgan fingerprint density at radius 2 is 1.68 bits per heavy atom. The number of nitrogens with one attached hydrogen (secondary N) is 1. The highest BCUT2D eigenvalue weighted by Crippen LogP contribution is 2.31. The Balaban J connectivity index is 1.85. The molecule has 1 amide bonds. The van der Waals surface area contributed by atoms with E-state index in [1.165, 1.54) is 6.07 Å². The van der Waals surface area contributed by atoms with Crippen LogP contribution in [0.1, 0.15) is 5.56 Å². The lowest BCUT2D eigenvalue weighted by molar-refractivity contribution is -0.139.